The van der Waals surface area contributed by atoms with Crippen LogP contribution in [0.5, 0.6) is 0 Å². The summed E-state index contributed by atoms with van der Waals surface area (Å²) in [6.45, 7) is 0.191. The molecule has 78 valence electrons. The van der Waals surface area contributed by atoms with Crippen LogP contribution < -0.4 is 5.32 Å². The maximum absolute atomic E-state index is 10.6. The Morgan fingerprint density at radius 3 is 3.00 bits per heavy atom. The monoisotopic (exact) mass is 199 g/mol. The van der Waals surface area contributed by atoms with Gasteiger partial charge in [-0.1, -0.05) is 0 Å². The van der Waals surface area contributed by atoms with Gasteiger partial charge in [0.15, 0.2) is 6.10 Å². The van der Waals surface area contributed by atoms with Gasteiger partial charge in [-0.05, 0) is 0 Å². The lowest BCUT2D eigenvalue weighted by Gasteiger charge is -2.11. The van der Waals surface area contributed by atoms with Crippen molar-refractivity contribution >= 4 is 11.9 Å². The lowest BCUT2D eigenvalue weighted by molar-refractivity contribution is -0.147. The fraction of sp³-hybridized carbons (Fsp3) is 0.500. The molecule has 0 aliphatic heterocycles. The normalized spacial score (nSPS) is 12.4. The smallest absolute Gasteiger partial charge is 0.334 e. The molecule has 2 N–H and O–H groups in total. The Hall–Kier alpha value is -1.56. The van der Waals surface area contributed by atoms with Crippen LogP contribution in [-0.4, -0.2) is 40.4 Å². The maximum Gasteiger partial charge on any atom is 0.334 e. The number of hydrogen-bond acceptors (Lipinski definition) is 4. The minimum absolute atomic E-state index is 0.191. The molecule has 6 heteroatoms. The highest BCUT2D eigenvalue weighted by molar-refractivity contribution is 5.73. The standard InChI is InChI=1S/C8H13N3O3/c1-11-4-3-9-8(11)10-5-6(14-2)7(12)13/h3-4,6H,5H2,1-2H3,(H,9,10)(H,12,13). The van der Waals surface area contributed by atoms with Gasteiger partial charge in [0.05, 0.1) is 6.54 Å². The summed E-state index contributed by atoms with van der Waals surface area (Å²) in [7, 11) is 3.18. The van der Waals surface area contributed by atoms with Gasteiger partial charge in [0.1, 0.15) is 0 Å². The fourth-order valence-corrected chi connectivity index (χ4v) is 0.991. The number of carboxylic acids is 1. The molecule has 0 fully saturated rings. The second-order valence-corrected chi connectivity index (χ2v) is 2.81. The zero-order valence-corrected chi connectivity index (χ0v) is 8.10. The number of methoxy groups -OCH3 is 1. The van der Waals surface area contributed by atoms with Gasteiger partial charge >= 0.3 is 5.97 Å². The Morgan fingerprint density at radius 2 is 2.57 bits per heavy atom. The lowest BCUT2D eigenvalue weighted by atomic mass is 10.3. The summed E-state index contributed by atoms with van der Waals surface area (Å²) in [5.74, 6) is -0.373. The molecule has 1 unspecified atom stereocenters. The zero-order valence-electron chi connectivity index (χ0n) is 8.10. The third kappa shape index (κ3) is 2.46. The molecule has 6 nitrogen and oxygen atoms in total. The van der Waals surface area contributed by atoms with Gasteiger partial charge in [-0.2, -0.15) is 0 Å². The average molecular weight is 199 g/mol. The number of aliphatic carboxylic acids is 1. The van der Waals surface area contributed by atoms with E-state index in [-0.39, 0.29) is 6.54 Å². The van der Waals surface area contributed by atoms with E-state index in [1.807, 2.05) is 7.05 Å². The summed E-state index contributed by atoms with van der Waals surface area (Å²) in [5.41, 5.74) is 0. The van der Waals surface area contributed by atoms with Crippen LogP contribution in [0.2, 0.25) is 0 Å². The molecule has 0 aliphatic carbocycles. The van der Waals surface area contributed by atoms with E-state index in [9.17, 15) is 4.79 Å². The van der Waals surface area contributed by atoms with Crippen molar-refractivity contribution in [1.29, 1.82) is 0 Å². The molecule has 0 amide bonds. The Kier molecular flexibility index (Phi) is 3.47. The van der Waals surface area contributed by atoms with E-state index in [0.29, 0.717) is 5.95 Å². The number of anilines is 1. The van der Waals surface area contributed by atoms with Gasteiger partial charge in [-0.3, -0.25) is 0 Å². The van der Waals surface area contributed by atoms with Gasteiger partial charge in [-0.25, -0.2) is 9.78 Å². The van der Waals surface area contributed by atoms with Crippen LogP contribution in [-0.2, 0) is 16.6 Å². The molecule has 1 heterocycles. The first kappa shape index (κ1) is 10.5. The van der Waals surface area contributed by atoms with E-state index in [4.69, 9.17) is 9.84 Å². The SMILES string of the molecule is COC(CNc1nccn1C)C(=O)O. The largest absolute Gasteiger partial charge is 0.479 e. The number of rotatable bonds is 5. The summed E-state index contributed by atoms with van der Waals surface area (Å²) in [5, 5.41) is 11.6. The number of aryl methyl sites for hydroxylation is 1. The van der Waals surface area contributed by atoms with Gasteiger partial charge < -0.3 is 19.7 Å². The number of nitrogens with zero attached hydrogens (tertiary/aromatic N) is 2. The molecule has 0 saturated carbocycles. The molecule has 1 rings (SSSR count). The van der Waals surface area contributed by atoms with E-state index >= 15 is 0 Å². The molecule has 0 spiro atoms. The number of nitrogens with one attached hydrogen (secondary N) is 1. The highest BCUT2D eigenvalue weighted by Crippen LogP contribution is 2.01. The zero-order chi connectivity index (χ0) is 10.6. The number of hydrogen-bond donors (Lipinski definition) is 2. The molecule has 1 atom stereocenters. The molecule has 0 aliphatic rings. The van der Waals surface area contributed by atoms with Crippen molar-refractivity contribution in [1.82, 2.24) is 9.55 Å². The number of imidazole rings is 1. The second kappa shape index (κ2) is 4.61. The van der Waals surface area contributed by atoms with Crippen molar-refractivity contribution in [3.05, 3.63) is 12.4 Å². The molecular formula is C8H13N3O3. The highest BCUT2D eigenvalue weighted by atomic mass is 16.5. The molecule has 0 aromatic carbocycles. The third-order valence-corrected chi connectivity index (χ3v) is 1.83. The molecule has 0 bridgehead atoms. The van der Waals surface area contributed by atoms with Crippen LogP contribution in [0.4, 0.5) is 5.95 Å². The van der Waals surface area contributed by atoms with E-state index in [1.54, 1.807) is 17.0 Å². The minimum atomic E-state index is -0.991. The maximum atomic E-state index is 10.6. The van der Waals surface area contributed by atoms with Crippen molar-refractivity contribution in [2.75, 3.05) is 19.0 Å². The highest BCUT2D eigenvalue weighted by Gasteiger charge is 2.16. The van der Waals surface area contributed by atoms with Crippen molar-refractivity contribution in [2.24, 2.45) is 7.05 Å². The quantitative estimate of drug-likeness (QED) is 0.694. The van der Waals surface area contributed by atoms with Crippen molar-refractivity contribution in [3.63, 3.8) is 0 Å². The average Bonchev–Trinajstić information content (AvgIpc) is 2.52. The fourth-order valence-electron chi connectivity index (χ4n) is 0.991. The summed E-state index contributed by atoms with van der Waals surface area (Å²) < 4.78 is 6.51. The Balaban J connectivity index is 2.47. The van der Waals surface area contributed by atoms with Crippen molar-refractivity contribution < 1.29 is 14.6 Å². The summed E-state index contributed by atoms with van der Waals surface area (Å²) in [6, 6.07) is 0. The van der Waals surface area contributed by atoms with E-state index in [1.165, 1.54) is 7.11 Å². The topological polar surface area (TPSA) is 76.4 Å². The van der Waals surface area contributed by atoms with Crippen LogP contribution in [0.25, 0.3) is 0 Å². The lowest BCUT2D eigenvalue weighted by Crippen LogP contribution is -2.31. The van der Waals surface area contributed by atoms with Gasteiger partial charge in [0.25, 0.3) is 0 Å². The number of carbonyl (C=O) groups is 1. The first-order valence-electron chi connectivity index (χ1n) is 4.12. The molecule has 0 radical (unpaired) electrons. The van der Waals surface area contributed by atoms with Gasteiger partial charge in [-0.15, -0.1) is 0 Å². The number of ether oxygens (including phenoxy) is 1. The molecule has 14 heavy (non-hydrogen) atoms. The van der Waals surface area contributed by atoms with E-state index < -0.39 is 12.1 Å². The molecule has 0 saturated heterocycles. The van der Waals surface area contributed by atoms with Gasteiger partial charge in [0.2, 0.25) is 5.95 Å². The predicted octanol–water partition coefficient (Wildman–Crippen LogP) is -0.0684. The van der Waals surface area contributed by atoms with Crippen LogP contribution in [0.1, 0.15) is 0 Å². The summed E-state index contributed by atoms with van der Waals surface area (Å²) in [6.07, 6.45) is 2.54. The van der Waals surface area contributed by atoms with Crippen molar-refractivity contribution in [2.45, 2.75) is 6.10 Å². The Labute approximate surface area is 81.5 Å². The molecule has 1 aromatic rings. The minimum Gasteiger partial charge on any atom is -0.479 e. The van der Waals surface area contributed by atoms with Gasteiger partial charge in [0, 0.05) is 26.6 Å². The van der Waals surface area contributed by atoms with Crippen molar-refractivity contribution in [3.8, 4) is 0 Å². The third-order valence-electron chi connectivity index (χ3n) is 1.83. The molecular weight excluding hydrogens is 186 g/mol. The van der Waals surface area contributed by atoms with Crippen LogP contribution in [0, 0.1) is 0 Å². The van der Waals surface area contributed by atoms with Crippen LogP contribution in [0.3, 0.4) is 0 Å². The first-order valence-corrected chi connectivity index (χ1v) is 4.12. The van der Waals surface area contributed by atoms with Crippen LogP contribution in [0.15, 0.2) is 12.4 Å². The molecule has 1 aromatic heterocycles. The number of carboxylic acid groups (broad SMARTS) is 1. The summed E-state index contributed by atoms with van der Waals surface area (Å²) in [4.78, 5) is 14.6. The van der Waals surface area contributed by atoms with E-state index in [0.717, 1.165) is 0 Å². The summed E-state index contributed by atoms with van der Waals surface area (Å²) >= 11 is 0. The second-order valence-electron chi connectivity index (χ2n) is 2.81. The Bertz CT molecular complexity index is 311. The van der Waals surface area contributed by atoms with Crippen LogP contribution >= 0.6 is 0 Å². The van der Waals surface area contributed by atoms with E-state index in [2.05, 4.69) is 10.3 Å². The predicted molar refractivity (Wildman–Crippen MR) is 50.1 cm³/mol. The Morgan fingerprint density at radius 1 is 1.86 bits per heavy atom. The number of aromatic nitrogens is 2. The first-order chi connectivity index (χ1) is 6.65.